The maximum absolute atomic E-state index is 10.5. The highest BCUT2D eigenvalue weighted by atomic mass is 35.5. The molecule has 1 aromatic rings. The molecule has 1 aliphatic rings. The van der Waals surface area contributed by atoms with Gasteiger partial charge in [-0.05, 0) is 49.3 Å². The molecule has 1 aromatic carbocycles. The number of hydrogen-bond donors (Lipinski definition) is 1. The van der Waals surface area contributed by atoms with Gasteiger partial charge in [-0.3, -0.25) is 0 Å². The van der Waals surface area contributed by atoms with E-state index in [2.05, 4.69) is 6.92 Å². The van der Waals surface area contributed by atoms with E-state index in [4.69, 9.17) is 11.6 Å². The van der Waals surface area contributed by atoms with Crippen LogP contribution in [0.3, 0.4) is 0 Å². The molecule has 2 rings (SSSR count). The van der Waals surface area contributed by atoms with E-state index in [1.54, 1.807) is 0 Å². The van der Waals surface area contributed by atoms with Gasteiger partial charge in [-0.2, -0.15) is 0 Å². The molecule has 2 heteroatoms. The molecule has 0 saturated heterocycles. The Morgan fingerprint density at radius 3 is 2.38 bits per heavy atom. The molecule has 1 aliphatic carbocycles. The summed E-state index contributed by atoms with van der Waals surface area (Å²) < 4.78 is 0. The number of rotatable bonds is 2. The second kappa shape index (κ2) is 4.77. The third kappa shape index (κ3) is 2.99. The van der Waals surface area contributed by atoms with Crippen molar-refractivity contribution in [1.29, 1.82) is 0 Å². The Labute approximate surface area is 102 Å². The van der Waals surface area contributed by atoms with Crippen molar-refractivity contribution >= 4 is 11.6 Å². The highest BCUT2D eigenvalue weighted by molar-refractivity contribution is 6.30. The summed E-state index contributed by atoms with van der Waals surface area (Å²) in [6, 6.07) is 7.81. The quantitative estimate of drug-likeness (QED) is 0.831. The molecule has 1 N–H and O–H groups in total. The van der Waals surface area contributed by atoms with Gasteiger partial charge in [0.05, 0.1) is 5.60 Å². The van der Waals surface area contributed by atoms with Gasteiger partial charge in [0.2, 0.25) is 0 Å². The maximum atomic E-state index is 10.5. The molecule has 0 spiro atoms. The average Bonchev–Trinajstić information content (AvgIpc) is 2.27. The van der Waals surface area contributed by atoms with Gasteiger partial charge >= 0.3 is 0 Å². The first-order valence-electron chi connectivity index (χ1n) is 6.04. The number of aliphatic hydroxyl groups is 1. The summed E-state index contributed by atoms with van der Waals surface area (Å²) in [7, 11) is 0. The van der Waals surface area contributed by atoms with Crippen LogP contribution < -0.4 is 0 Å². The summed E-state index contributed by atoms with van der Waals surface area (Å²) in [5, 5.41) is 11.2. The molecule has 0 heterocycles. The van der Waals surface area contributed by atoms with Crippen molar-refractivity contribution in [2.45, 2.75) is 44.6 Å². The molecule has 16 heavy (non-hydrogen) atoms. The van der Waals surface area contributed by atoms with Crippen LogP contribution in [0.15, 0.2) is 24.3 Å². The molecule has 0 atom stereocenters. The van der Waals surface area contributed by atoms with Crippen LogP contribution in [0.1, 0.15) is 38.2 Å². The van der Waals surface area contributed by atoms with Gasteiger partial charge in [-0.15, -0.1) is 0 Å². The van der Waals surface area contributed by atoms with Crippen LogP contribution in [-0.4, -0.2) is 10.7 Å². The second-order valence-electron chi connectivity index (χ2n) is 5.21. The maximum Gasteiger partial charge on any atom is 0.0688 e. The minimum absolute atomic E-state index is 0.486. The number of hydrogen-bond acceptors (Lipinski definition) is 1. The average molecular weight is 239 g/mol. The Morgan fingerprint density at radius 2 is 1.81 bits per heavy atom. The van der Waals surface area contributed by atoms with E-state index in [1.165, 1.54) is 5.56 Å². The van der Waals surface area contributed by atoms with E-state index in [0.717, 1.165) is 43.0 Å². The van der Waals surface area contributed by atoms with E-state index in [1.807, 2.05) is 24.3 Å². The van der Waals surface area contributed by atoms with Crippen molar-refractivity contribution in [1.82, 2.24) is 0 Å². The molecule has 0 bridgehead atoms. The lowest BCUT2D eigenvalue weighted by Crippen LogP contribution is -2.35. The topological polar surface area (TPSA) is 20.2 Å². The molecular weight excluding hydrogens is 220 g/mol. The van der Waals surface area contributed by atoms with Crippen molar-refractivity contribution in [3.05, 3.63) is 34.9 Å². The van der Waals surface area contributed by atoms with Gasteiger partial charge in [-0.25, -0.2) is 0 Å². The van der Waals surface area contributed by atoms with E-state index in [9.17, 15) is 5.11 Å². The SMILES string of the molecule is CC1CCC(O)(Cc2ccc(Cl)cc2)CC1. The fraction of sp³-hybridized carbons (Fsp3) is 0.571. The van der Waals surface area contributed by atoms with Gasteiger partial charge in [0.1, 0.15) is 0 Å². The third-order valence-electron chi connectivity index (χ3n) is 3.65. The fourth-order valence-corrected chi connectivity index (χ4v) is 2.58. The Bertz CT molecular complexity index is 336. The predicted octanol–water partition coefficient (Wildman–Crippen LogP) is 3.82. The van der Waals surface area contributed by atoms with Crippen LogP contribution >= 0.6 is 11.6 Å². The van der Waals surface area contributed by atoms with E-state index >= 15 is 0 Å². The van der Waals surface area contributed by atoms with E-state index in [0.29, 0.717) is 0 Å². The fourth-order valence-electron chi connectivity index (χ4n) is 2.46. The Balaban J connectivity index is 2.00. The highest BCUT2D eigenvalue weighted by Crippen LogP contribution is 2.34. The number of benzene rings is 1. The van der Waals surface area contributed by atoms with Crippen molar-refractivity contribution in [3.8, 4) is 0 Å². The van der Waals surface area contributed by atoms with Gasteiger partial charge in [0, 0.05) is 11.4 Å². The third-order valence-corrected chi connectivity index (χ3v) is 3.90. The smallest absolute Gasteiger partial charge is 0.0688 e. The molecule has 0 radical (unpaired) electrons. The van der Waals surface area contributed by atoms with Gasteiger partial charge < -0.3 is 5.11 Å². The summed E-state index contributed by atoms with van der Waals surface area (Å²) in [4.78, 5) is 0. The summed E-state index contributed by atoms with van der Waals surface area (Å²) in [5.74, 6) is 0.769. The summed E-state index contributed by atoms with van der Waals surface area (Å²) >= 11 is 5.85. The minimum atomic E-state index is -0.486. The van der Waals surface area contributed by atoms with Gasteiger partial charge in [0.15, 0.2) is 0 Å². The first kappa shape index (κ1) is 11.9. The first-order valence-corrected chi connectivity index (χ1v) is 6.42. The van der Waals surface area contributed by atoms with Crippen LogP contribution in [0, 0.1) is 5.92 Å². The lowest BCUT2D eigenvalue weighted by atomic mass is 9.76. The molecule has 0 unspecified atom stereocenters. The van der Waals surface area contributed by atoms with Crippen molar-refractivity contribution < 1.29 is 5.11 Å². The van der Waals surface area contributed by atoms with Crippen molar-refractivity contribution in [2.75, 3.05) is 0 Å². The zero-order valence-corrected chi connectivity index (χ0v) is 10.5. The summed E-state index contributed by atoms with van der Waals surface area (Å²) in [5.41, 5.74) is 0.696. The molecule has 1 fully saturated rings. The molecule has 0 aliphatic heterocycles. The largest absolute Gasteiger partial charge is 0.390 e. The minimum Gasteiger partial charge on any atom is -0.390 e. The molecule has 1 nitrogen and oxygen atoms in total. The summed E-state index contributed by atoms with van der Waals surface area (Å²) in [6.45, 7) is 2.27. The molecule has 88 valence electrons. The Kier molecular flexibility index (Phi) is 3.56. The zero-order valence-electron chi connectivity index (χ0n) is 9.75. The molecule has 0 amide bonds. The Hall–Kier alpha value is -0.530. The van der Waals surface area contributed by atoms with Crippen LogP contribution in [0.4, 0.5) is 0 Å². The van der Waals surface area contributed by atoms with Crippen molar-refractivity contribution in [3.63, 3.8) is 0 Å². The van der Waals surface area contributed by atoms with Gasteiger partial charge in [-0.1, -0.05) is 30.7 Å². The second-order valence-corrected chi connectivity index (χ2v) is 5.65. The monoisotopic (exact) mass is 238 g/mol. The lowest BCUT2D eigenvalue weighted by molar-refractivity contribution is -0.00667. The van der Waals surface area contributed by atoms with Crippen LogP contribution in [0.2, 0.25) is 5.02 Å². The highest BCUT2D eigenvalue weighted by Gasteiger charge is 2.31. The van der Waals surface area contributed by atoms with Crippen LogP contribution in [0.25, 0.3) is 0 Å². The molecule has 1 saturated carbocycles. The first-order chi connectivity index (χ1) is 7.57. The normalized spacial score (nSPS) is 30.3. The van der Waals surface area contributed by atoms with E-state index < -0.39 is 5.60 Å². The van der Waals surface area contributed by atoms with Crippen molar-refractivity contribution in [2.24, 2.45) is 5.92 Å². The van der Waals surface area contributed by atoms with Crippen LogP contribution in [0.5, 0.6) is 0 Å². The summed E-state index contributed by atoms with van der Waals surface area (Å²) in [6.07, 6.45) is 4.90. The van der Waals surface area contributed by atoms with Crippen LogP contribution in [-0.2, 0) is 6.42 Å². The number of halogens is 1. The van der Waals surface area contributed by atoms with Gasteiger partial charge in [0.25, 0.3) is 0 Å². The Morgan fingerprint density at radius 1 is 1.25 bits per heavy atom. The lowest BCUT2D eigenvalue weighted by Gasteiger charge is -2.35. The molecular formula is C14H19ClO. The standard InChI is InChI=1S/C14H19ClO/c1-11-6-8-14(16,9-7-11)10-12-2-4-13(15)5-3-12/h2-5,11,16H,6-10H2,1H3. The zero-order chi connectivity index (χ0) is 11.6. The van der Waals surface area contributed by atoms with E-state index in [-0.39, 0.29) is 0 Å². The predicted molar refractivity (Wildman–Crippen MR) is 67.7 cm³/mol. The molecule has 0 aromatic heterocycles.